The molecule has 0 spiro atoms. The summed E-state index contributed by atoms with van der Waals surface area (Å²) in [4.78, 5) is 24.0. The molecule has 0 radical (unpaired) electrons. The van der Waals surface area contributed by atoms with E-state index in [1.807, 2.05) is 6.07 Å². The Bertz CT molecular complexity index is 1260. The van der Waals surface area contributed by atoms with E-state index in [1.165, 1.54) is 0 Å². The molecule has 0 saturated carbocycles. The highest BCUT2D eigenvalue weighted by Crippen LogP contribution is 2.30. The summed E-state index contributed by atoms with van der Waals surface area (Å²) in [7, 11) is -3.82. The van der Waals surface area contributed by atoms with Crippen molar-refractivity contribution in [3.05, 3.63) is 53.6 Å². The molecule has 2 fully saturated rings. The lowest BCUT2D eigenvalue weighted by atomic mass is 10.1. The zero-order valence-corrected chi connectivity index (χ0v) is 22.1. The number of anilines is 2. The second kappa shape index (κ2) is 13.1. The summed E-state index contributed by atoms with van der Waals surface area (Å²) in [6, 6.07) is 12.0. The van der Waals surface area contributed by atoms with Crippen LogP contribution in [0.5, 0.6) is 0 Å². The number of hydrogen-bond acceptors (Lipinski definition) is 7. The molecule has 0 aromatic heterocycles. The number of carboxylic acid groups (broad SMARTS) is 1. The third-order valence-corrected chi connectivity index (χ3v) is 7.63. The number of alkyl halides is 3. The number of aryl methyl sites for hydroxylation is 1. The van der Waals surface area contributed by atoms with E-state index in [1.54, 1.807) is 43.3 Å². The van der Waals surface area contributed by atoms with Crippen LogP contribution in [0.4, 0.5) is 24.5 Å². The van der Waals surface area contributed by atoms with Crippen LogP contribution >= 0.6 is 0 Å². The minimum absolute atomic E-state index is 0.0399. The minimum atomic E-state index is -5.08. The minimum Gasteiger partial charge on any atom is -0.475 e. The second-order valence-electron chi connectivity index (χ2n) is 8.99. The molecule has 4 rings (SSSR count). The summed E-state index contributed by atoms with van der Waals surface area (Å²) >= 11 is 0. The first-order chi connectivity index (χ1) is 18.4. The predicted molar refractivity (Wildman–Crippen MR) is 139 cm³/mol. The van der Waals surface area contributed by atoms with Gasteiger partial charge in [-0.25, -0.2) is 13.2 Å². The largest absolute Gasteiger partial charge is 0.490 e. The normalized spacial score (nSPS) is 17.6. The summed E-state index contributed by atoms with van der Waals surface area (Å²) < 4.78 is 66.4. The number of benzene rings is 2. The maximum absolute atomic E-state index is 13.2. The lowest BCUT2D eigenvalue weighted by Crippen LogP contribution is -2.43. The van der Waals surface area contributed by atoms with E-state index in [0.717, 1.165) is 51.3 Å². The number of aliphatic carboxylic acids is 1. The predicted octanol–water partition coefficient (Wildman–Crippen LogP) is 2.75. The summed E-state index contributed by atoms with van der Waals surface area (Å²) in [5.41, 5.74) is 2.23. The summed E-state index contributed by atoms with van der Waals surface area (Å²) in [6.07, 6.45) is -3.10. The highest BCUT2D eigenvalue weighted by Gasteiger charge is 2.38. The Morgan fingerprint density at radius 3 is 2.41 bits per heavy atom. The van der Waals surface area contributed by atoms with Crippen LogP contribution in [0.15, 0.2) is 47.4 Å². The molecular weight excluding hydrogens is 541 g/mol. The van der Waals surface area contributed by atoms with Crippen molar-refractivity contribution in [2.45, 2.75) is 36.9 Å². The van der Waals surface area contributed by atoms with Gasteiger partial charge in [-0.05, 0) is 49.6 Å². The van der Waals surface area contributed by atoms with Crippen LogP contribution in [0.1, 0.15) is 28.8 Å². The van der Waals surface area contributed by atoms with Gasteiger partial charge in [0.25, 0.3) is 15.9 Å². The fourth-order valence-corrected chi connectivity index (χ4v) is 5.42. The zero-order chi connectivity index (χ0) is 28.6. The fraction of sp³-hybridized carbons (Fsp3) is 0.440. The number of nitrogens with one attached hydrogen (secondary N) is 3. The molecule has 2 aromatic carbocycles. The van der Waals surface area contributed by atoms with Crippen molar-refractivity contribution in [1.82, 2.24) is 10.6 Å². The van der Waals surface area contributed by atoms with Crippen LogP contribution in [0, 0.1) is 6.92 Å². The smallest absolute Gasteiger partial charge is 0.475 e. The van der Waals surface area contributed by atoms with Crippen LogP contribution in [0.3, 0.4) is 0 Å². The molecular formula is C25H31F3N4O6S. The molecule has 14 heteroatoms. The Hall–Kier alpha value is -3.36. The van der Waals surface area contributed by atoms with E-state index in [4.69, 9.17) is 14.6 Å². The number of halogens is 3. The number of rotatable bonds is 7. The van der Waals surface area contributed by atoms with E-state index >= 15 is 0 Å². The van der Waals surface area contributed by atoms with Gasteiger partial charge in [0.15, 0.2) is 0 Å². The van der Waals surface area contributed by atoms with Crippen molar-refractivity contribution in [3.8, 4) is 0 Å². The quantitative estimate of drug-likeness (QED) is 0.398. The number of ether oxygens (including phenoxy) is 1. The average Bonchev–Trinajstić information content (AvgIpc) is 3.41. The number of carbonyl (C=O) groups excluding carboxylic acids is 1. The fourth-order valence-electron chi connectivity index (χ4n) is 4.11. The highest BCUT2D eigenvalue weighted by atomic mass is 32.2. The summed E-state index contributed by atoms with van der Waals surface area (Å²) in [6.45, 7) is 6.07. The van der Waals surface area contributed by atoms with Gasteiger partial charge in [-0.2, -0.15) is 13.2 Å². The molecule has 2 aliphatic rings. The average molecular weight is 573 g/mol. The number of sulfonamides is 1. The molecule has 1 amide bonds. The molecule has 2 heterocycles. The van der Waals surface area contributed by atoms with Crippen LogP contribution in [-0.2, 0) is 19.6 Å². The Balaban J connectivity index is 0.000000532. The van der Waals surface area contributed by atoms with Crippen LogP contribution in [0.25, 0.3) is 0 Å². The van der Waals surface area contributed by atoms with Crippen molar-refractivity contribution < 1.29 is 41.0 Å². The topological polar surface area (TPSA) is 137 Å². The molecule has 1 unspecified atom stereocenters. The van der Waals surface area contributed by atoms with Crippen molar-refractivity contribution in [3.63, 3.8) is 0 Å². The maximum atomic E-state index is 13.2. The summed E-state index contributed by atoms with van der Waals surface area (Å²) in [5.74, 6) is -3.00. The number of hydrogen-bond donors (Lipinski definition) is 4. The Kier molecular flexibility index (Phi) is 10.2. The van der Waals surface area contributed by atoms with Gasteiger partial charge >= 0.3 is 12.1 Å². The Labute approximate surface area is 224 Å². The van der Waals surface area contributed by atoms with E-state index in [2.05, 4.69) is 20.3 Å². The SMILES string of the molecule is Cc1ccccc1S(=O)(=O)Nc1cc(C(=O)NCC2CCCO2)ccc1N1CCNCC1.O=C(O)C(F)(F)F. The van der Waals surface area contributed by atoms with Gasteiger partial charge in [0.1, 0.15) is 0 Å². The van der Waals surface area contributed by atoms with Gasteiger partial charge in [0.2, 0.25) is 0 Å². The van der Waals surface area contributed by atoms with Crippen LogP contribution in [0.2, 0.25) is 0 Å². The van der Waals surface area contributed by atoms with E-state index in [0.29, 0.717) is 23.4 Å². The van der Waals surface area contributed by atoms with Gasteiger partial charge in [-0.1, -0.05) is 18.2 Å². The maximum Gasteiger partial charge on any atom is 0.490 e. The molecule has 2 saturated heterocycles. The summed E-state index contributed by atoms with van der Waals surface area (Å²) in [5, 5.41) is 13.3. The molecule has 0 bridgehead atoms. The molecule has 2 aliphatic heterocycles. The van der Waals surface area contributed by atoms with Gasteiger partial charge in [-0.3, -0.25) is 9.52 Å². The molecule has 0 aliphatic carbocycles. The van der Waals surface area contributed by atoms with Crippen molar-refractivity contribution >= 4 is 33.3 Å². The van der Waals surface area contributed by atoms with Crippen molar-refractivity contribution in [1.29, 1.82) is 0 Å². The van der Waals surface area contributed by atoms with E-state index in [9.17, 15) is 26.4 Å². The van der Waals surface area contributed by atoms with Gasteiger partial charge in [-0.15, -0.1) is 0 Å². The van der Waals surface area contributed by atoms with Gasteiger partial charge < -0.3 is 25.4 Å². The third kappa shape index (κ3) is 8.57. The van der Waals surface area contributed by atoms with Gasteiger partial charge in [0.05, 0.1) is 22.4 Å². The first kappa shape index (κ1) is 30.2. The van der Waals surface area contributed by atoms with E-state index < -0.39 is 22.2 Å². The lowest BCUT2D eigenvalue weighted by Gasteiger charge is -2.31. The number of carbonyl (C=O) groups is 2. The monoisotopic (exact) mass is 572 g/mol. The van der Waals surface area contributed by atoms with Crippen LogP contribution < -0.4 is 20.3 Å². The molecule has 1 atom stereocenters. The molecule has 4 N–H and O–H groups in total. The highest BCUT2D eigenvalue weighted by molar-refractivity contribution is 7.92. The first-order valence-electron chi connectivity index (χ1n) is 12.3. The number of nitrogens with zero attached hydrogens (tertiary/aromatic N) is 1. The number of carboxylic acids is 1. The van der Waals surface area contributed by atoms with Crippen molar-refractivity contribution in [2.24, 2.45) is 0 Å². The van der Waals surface area contributed by atoms with Crippen LogP contribution in [-0.4, -0.2) is 77.0 Å². The zero-order valence-electron chi connectivity index (χ0n) is 21.3. The molecule has 39 heavy (non-hydrogen) atoms. The molecule has 10 nitrogen and oxygen atoms in total. The Morgan fingerprint density at radius 1 is 1.15 bits per heavy atom. The number of amides is 1. The standard InChI is InChI=1S/C23H30N4O4S.C2HF3O2/c1-17-5-2-3-7-22(17)32(29,30)26-20-15-18(23(28)25-16-19-6-4-14-31-19)8-9-21(20)27-12-10-24-11-13-27;3-2(4,5)1(6)7/h2-3,5,7-9,15,19,24,26H,4,6,10-14,16H2,1H3,(H,25,28);(H,6,7). The number of piperazine rings is 1. The van der Waals surface area contributed by atoms with E-state index in [-0.39, 0.29) is 16.9 Å². The van der Waals surface area contributed by atoms with Gasteiger partial charge in [0, 0.05) is 44.9 Å². The molecule has 214 valence electrons. The molecule has 2 aromatic rings. The Morgan fingerprint density at radius 2 is 1.82 bits per heavy atom. The first-order valence-corrected chi connectivity index (χ1v) is 13.7. The lowest BCUT2D eigenvalue weighted by molar-refractivity contribution is -0.192. The third-order valence-electron chi connectivity index (χ3n) is 6.10. The van der Waals surface area contributed by atoms with Crippen molar-refractivity contribution in [2.75, 3.05) is 49.0 Å². The second-order valence-corrected chi connectivity index (χ2v) is 10.6.